The molecule has 0 nitrogen and oxygen atoms in total. The van der Waals surface area contributed by atoms with E-state index in [1.165, 1.54) is 5.56 Å². The Morgan fingerprint density at radius 2 is 2.00 bits per heavy atom. The Kier molecular flexibility index (Phi) is 4.54. The molecule has 3 heteroatoms. The molecule has 0 radical (unpaired) electrons. The Morgan fingerprint density at radius 3 is 2.67 bits per heavy atom. The average Bonchev–Trinajstić information content (AvgIpc) is 2.08. The number of benzene rings is 1. The lowest BCUT2D eigenvalue weighted by molar-refractivity contribution is 0.904. The van der Waals surface area contributed by atoms with Crippen molar-refractivity contribution in [2.75, 3.05) is 5.33 Å². The molecule has 1 aromatic carbocycles. The van der Waals surface area contributed by atoms with Crippen LogP contribution in [0.2, 0.25) is 0 Å². The van der Waals surface area contributed by atoms with Gasteiger partial charge >= 0.3 is 0 Å². The molecular formula is C9H11BrS2. The van der Waals surface area contributed by atoms with E-state index in [4.69, 9.17) is 0 Å². The van der Waals surface area contributed by atoms with Crippen LogP contribution >= 0.6 is 41.2 Å². The summed E-state index contributed by atoms with van der Waals surface area (Å²) in [5.74, 6) is 0. The summed E-state index contributed by atoms with van der Waals surface area (Å²) in [6, 6.07) is 6.08. The molecule has 0 atom stereocenters. The Hall–Kier alpha value is 0.400. The minimum atomic E-state index is 0.963. The molecule has 0 spiro atoms. The summed E-state index contributed by atoms with van der Waals surface area (Å²) in [7, 11) is 0. The van der Waals surface area contributed by atoms with Gasteiger partial charge in [-0.2, -0.15) is 0 Å². The van der Waals surface area contributed by atoms with Crippen LogP contribution in [0.4, 0.5) is 0 Å². The zero-order valence-electron chi connectivity index (χ0n) is 6.63. The third-order valence-corrected chi connectivity index (χ3v) is 3.32. The number of halogens is 1. The monoisotopic (exact) mass is 262 g/mol. The van der Waals surface area contributed by atoms with Crippen molar-refractivity contribution in [2.45, 2.75) is 22.6 Å². The molecule has 0 aliphatic rings. The van der Waals surface area contributed by atoms with Crippen molar-refractivity contribution in [3.63, 3.8) is 0 Å². The fourth-order valence-electron chi connectivity index (χ4n) is 1.04. The van der Waals surface area contributed by atoms with Crippen LogP contribution in [0.15, 0.2) is 28.0 Å². The standard InChI is InChI=1S/C9H11BrS2/c10-6-2-4-7-3-1-5-8(11)9(7)12/h1,3,5,11-12H,2,4,6H2. The van der Waals surface area contributed by atoms with Crippen molar-refractivity contribution >= 4 is 41.2 Å². The maximum atomic E-state index is 4.39. The SMILES string of the molecule is Sc1cccc(CCCBr)c1S. The van der Waals surface area contributed by atoms with E-state index in [1.54, 1.807) is 0 Å². The minimum Gasteiger partial charge on any atom is -0.142 e. The van der Waals surface area contributed by atoms with E-state index in [1.807, 2.05) is 12.1 Å². The minimum absolute atomic E-state index is 0.963. The second-order valence-corrected chi connectivity index (χ2v) is 4.30. The van der Waals surface area contributed by atoms with Crippen LogP contribution in [0, 0.1) is 0 Å². The zero-order chi connectivity index (χ0) is 8.97. The normalized spacial score (nSPS) is 10.2. The maximum absolute atomic E-state index is 4.39. The first-order valence-electron chi connectivity index (χ1n) is 3.81. The van der Waals surface area contributed by atoms with Crippen LogP contribution in [0.3, 0.4) is 0 Å². The van der Waals surface area contributed by atoms with Gasteiger partial charge in [0.05, 0.1) is 0 Å². The highest BCUT2D eigenvalue weighted by Crippen LogP contribution is 2.23. The Balaban J connectivity index is 2.78. The van der Waals surface area contributed by atoms with Crippen molar-refractivity contribution in [3.8, 4) is 0 Å². The quantitative estimate of drug-likeness (QED) is 0.604. The van der Waals surface area contributed by atoms with Crippen LogP contribution in [-0.4, -0.2) is 5.33 Å². The first kappa shape index (κ1) is 10.5. The van der Waals surface area contributed by atoms with E-state index in [-0.39, 0.29) is 0 Å². The van der Waals surface area contributed by atoms with Gasteiger partial charge in [0.15, 0.2) is 0 Å². The maximum Gasteiger partial charge on any atom is 0.0206 e. The number of alkyl halides is 1. The molecule has 0 heterocycles. The van der Waals surface area contributed by atoms with Crippen molar-refractivity contribution in [1.29, 1.82) is 0 Å². The van der Waals surface area contributed by atoms with Crippen LogP contribution < -0.4 is 0 Å². The van der Waals surface area contributed by atoms with Crippen LogP contribution in [0.25, 0.3) is 0 Å². The molecule has 0 bridgehead atoms. The lowest BCUT2D eigenvalue weighted by Gasteiger charge is -2.05. The molecule has 66 valence electrons. The van der Waals surface area contributed by atoms with Gasteiger partial charge in [0.25, 0.3) is 0 Å². The smallest absolute Gasteiger partial charge is 0.0206 e. The van der Waals surface area contributed by atoms with Crippen molar-refractivity contribution in [2.24, 2.45) is 0 Å². The van der Waals surface area contributed by atoms with E-state index in [0.29, 0.717) is 0 Å². The molecule has 0 amide bonds. The third kappa shape index (κ3) is 2.71. The summed E-state index contributed by atoms with van der Waals surface area (Å²) in [5, 5.41) is 1.04. The molecule has 0 saturated carbocycles. The predicted octanol–water partition coefficient (Wildman–Crippen LogP) is 3.59. The average molecular weight is 263 g/mol. The van der Waals surface area contributed by atoms with Gasteiger partial charge in [-0.15, -0.1) is 25.3 Å². The molecule has 0 aliphatic carbocycles. The molecule has 0 fully saturated rings. The highest BCUT2D eigenvalue weighted by Gasteiger charge is 2.00. The van der Waals surface area contributed by atoms with Crippen LogP contribution in [-0.2, 0) is 6.42 Å². The van der Waals surface area contributed by atoms with Gasteiger partial charge in [0, 0.05) is 15.1 Å². The number of hydrogen-bond acceptors (Lipinski definition) is 2. The fourth-order valence-corrected chi connectivity index (χ4v) is 1.81. The zero-order valence-corrected chi connectivity index (χ0v) is 10.0. The Labute approximate surface area is 92.7 Å². The van der Waals surface area contributed by atoms with Gasteiger partial charge in [0.1, 0.15) is 0 Å². The second-order valence-electron chi connectivity index (χ2n) is 2.58. The number of thiol groups is 2. The largest absolute Gasteiger partial charge is 0.142 e. The Morgan fingerprint density at radius 1 is 1.25 bits per heavy atom. The summed E-state index contributed by atoms with van der Waals surface area (Å²) in [6.07, 6.45) is 2.21. The van der Waals surface area contributed by atoms with Crippen molar-refractivity contribution in [3.05, 3.63) is 23.8 Å². The van der Waals surface area contributed by atoms with Gasteiger partial charge in [-0.3, -0.25) is 0 Å². The summed E-state index contributed by atoms with van der Waals surface area (Å²) in [4.78, 5) is 1.98. The van der Waals surface area contributed by atoms with Gasteiger partial charge in [-0.05, 0) is 24.5 Å². The summed E-state index contributed by atoms with van der Waals surface area (Å²) in [5.41, 5.74) is 1.28. The molecule has 12 heavy (non-hydrogen) atoms. The first-order valence-corrected chi connectivity index (χ1v) is 5.83. The Bertz CT molecular complexity index is 261. The van der Waals surface area contributed by atoms with Gasteiger partial charge < -0.3 is 0 Å². The van der Waals surface area contributed by atoms with Gasteiger partial charge in [0.2, 0.25) is 0 Å². The van der Waals surface area contributed by atoms with Crippen LogP contribution in [0.1, 0.15) is 12.0 Å². The van der Waals surface area contributed by atoms with E-state index in [2.05, 4.69) is 47.3 Å². The molecule has 0 saturated heterocycles. The number of hydrogen-bond donors (Lipinski definition) is 2. The van der Waals surface area contributed by atoms with Crippen molar-refractivity contribution in [1.82, 2.24) is 0 Å². The van der Waals surface area contributed by atoms with E-state index >= 15 is 0 Å². The fraction of sp³-hybridized carbons (Fsp3) is 0.333. The van der Waals surface area contributed by atoms with E-state index in [0.717, 1.165) is 28.0 Å². The molecule has 1 aromatic rings. The predicted molar refractivity (Wildman–Crippen MR) is 63.1 cm³/mol. The van der Waals surface area contributed by atoms with Crippen molar-refractivity contribution < 1.29 is 0 Å². The van der Waals surface area contributed by atoms with E-state index < -0.39 is 0 Å². The summed E-state index contributed by atoms with van der Waals surface area (Å²) >= 11 is 12.1. The lowest BCUT2D eigenvalue weighted by atomic mass is 10.1. The molecule has 1 rings (SSSR count). The summed E-state index contributed by atoms with van der Waals surface area (Å²) < 4.78 is 0. The molecule has 0 aromatic heterocycles. The highest BCUT2D eigenvalue weighted by molar-refractivity contribution is 9.09. The number of aryl methyl sites for hydroxylation is 1. The topological polar surface area (TPSA) is 0 Å². The molecular weight excluding hydrogens is 252 g/mol. The van der Waals surface area contributed by atoms with Gasteiger partial charge in [-0.25, -0.2) is 0 Å². The highest BCUT2D eigenvalue weighted by atomic mass is 79.9. The lowest BCUT2D eigenvalue weighted by Crippen LogP contribution is -1.88. The van der Waals surface area contributed by atoms with E-state index in [9.17, 15) is 0 Å². The van der Waals surface area contributed by atoms with Gasteiger partial charge in [-0.1, -0.05) is 28.1 Å². The molecule has 0 N–H and O–H groups in total. The first-order chi connectivity index (χ1) is 5.75. The third-order valence-electron chi connectivity index (χ3n) is 1.68. The number of rotatable bonds is 3. The molecule has 0 unspecified atom stereocenters. The summed E-state index contributed by atoms with van der Waals surface area (Å²) in [6.45, 7) is 0. The second kappa shape index (κ2) is 5.20. The van der Waals surface area contributed by atoms with Crippen LogP contribution in [0.5, 0.6) is 0 Å². The molecule has 0 aliphatic heterocycles.